The van der Waals surface area contributed by atoms with E-state index in [1.54, 1.807) is 19.1 Å². The van der Waals surface area contributed by atoms with E-state index in [2.05, 4.69) is 15.9 Å². The van der Waals surface area contributed by atoms with Crippen molar-refractivity contribution in [1.29, 1.82) is 0 Å². The van der Waals surface area contributed by atoms with Crippen molar-refractivity contribution in [1.82, 2.24) is 4.90 Å². The predicted octanol–water partition coefficient (Wildman–Crippen LogP) is 0.442. The highest BCUT2D eigenvalue weighted by atomic mass is 79.9. The van der Waals surface area contributed by atoms with Gasteiger partial charge in [0, 0.05) is 11.5 Å². The second kappa shape index (κ2) is 8.71. The molecule has 1 saturated carbocycles. The summed E-state index contributed by atoms with van der Waals surface area (Å²) in [5.41, 5.74) is 1.40. The number of rotatable bonds is 4. The Kier molecular flexibility index (Phi) is 6.26. The Bertz CT molecular complexity index is 1270. The highest BCUT2D eigenvalue weighted by molar-refractivity contribution is 9.09. The maximum Gasteiger partial charge on any atom is 0.316 e. The summed E-state index contributed by atoms with van der Waals surface area (Å²) in [6, 6.07) is 3.06. The summed E-state index contributed by atoms with van der Waals surface area (Å²) >= 11 is 3.01. The number of halogens is 1. The minimum atomic E-state index is -2.95. The molecular weight excluding hydrogens is 540 g/mol. The summed E-state index contributed by atoms with van der Waals surface area (Å²) in [5, 5.41) is 44.2. The highest BCUT2D eigenvalue weighted by Gasteiger charge is 2.69. The number of nitrogens with two attached hydrogens (primary N) is 1. The van der Waals surface area contributed by atoms with Gasteiger partial charge in [-0.15, -0.1) is 0 Å². The number of aliphatic hydroxyl groups excluding tert-OH is 2. The lowest BCUT2D eigenvalue weighted by Gasteiger charge is -2.54. The maximum absolute atomic E-state index is 14.0. The normalized spacial score (nSPS) is 31.7. The summed E-state index contributed by atoms with van der Waals surface area (Å²) in [7, 11) is 2.91. The highest BCUT2D eigenvalue weighted by Crippen LogP contribution is 2.56. The zero-order valence-corrected chi connectivity index (χ0v) is 21.1. The average Bonchev–Trinajstić information content (AvgIpc) is 2.80. The Balaban J connectivity index is 2.11. The number of hydrogen-bond acceptors (Lipinski definition) is 10. The van der Waals surface area contributed by atoms with Gasteiger partial charge in [-0.1, -0.05) is 35.0 Å². The fraction of sp³-hybridized carbons (Fsp3) is 0.417. The third-order valence-electron chi connectivity index (χ3n) is 7.34. The summed E-state index contributed by atoms with van der Waals surface area (Å²) < 4.78 is 5.70. The minimum absolute atomic E-state index is 0.0492. The van der Waals surface area contributed by atoms with E-state index in [-0.39, 0.29) is 16.6 Å². The number of primary amides is 1. The molecule has 0 radical (unpaired) electrons. The first-order valence-electron chi connectivity index (χ1n) is 11.0. The number of fused-ring (bicyclic) bond motifs is 3. The minimum Gasteiger partial charge on any atom is -0.508 e. The van der Waals surface area contributed by atoms with Crippen molar-refractivity contribution in [3.05, 3.63) is 46.2 Å². The Morgan fingerprint density at radius 1 is 1.19 bits per heavy atom. The molecule has 0 heterocycles. The fourth-order valence-electron chi connectivity index (χ4n) is 5.87. The van der Waals surface area contributed by atoms with Gasteiger partial charge in [-0.25, -0.2) is 0 Å². The number of phenolic OH excluding ortho intramolecular Hbond substituents is 1. The number of ketones is 2. The second-order valence-electron chi connectivity index (χ2n) is 9.39. The maximum atomic E-state index is 14.0. The molecule has 0 saturated heterocycles. The number of carbonyl (C=O) groups is 4. The first kappa shape index (κ1) is 25.9. The Morgan fingerprint density at radius 3 is 2.39 bits per heavy atom. The number of amides is 1. The van der Waals surface area contributed by atoms with E-state index >= 15 is 0 Å². The van der Waals surface area contributed by atoms with Gasteiger partial charge in [0.2, 0.25) is 5.78 Å². The molecule has 3 aliphatic carbocycles. The third kappa shape index (κ3) is 3.31. The number of ether oxygens (including phenoxy) is 1. The summed E-state index contributed by atoms with van der Waals surface area (Å²) in [4.78, 5) is 53.3. The number of likely N-dealkylation sites (N-methyl/N-ethyl adjacent to an activating group) is 1. The van der Waals surface area contributed by atoms with Crippen LogP contribution >= 0.6 is 15.9 Å². The molecule has 1 aromatic carbocycles. The van der Waals surface area contributed by atoms with E-state index in [0.29, 0.717) is 5.56 Å². The Labute approximate surface area is 214 Å². The van der Waals surface area contributed by atoms with Gasteiger partial charge in [0.1, 0.15) is 34.3 Å². The molecule has 0 unspecified atom stereocenters. The lowest BCUT2D eigenvalue weighted by molar-refractivity contribution is -0.183. The molecule has 6 atom stereocenters. The van der Waals surface area contributed by atoms with E-state index in [0.717, 1.165) is 0 Å². The van der Waals surface area contributed by atoms with E-state index in [1.807, 2.05) is 0 Å². The summed E-state index contributed by atoms with van der Waals surface area (Å²) in [5.74, 6) is -9.88. The second-order valence-corrected chi connectivity index (χ2v) is 9.95. The Hall–Kier alpha value is -3.22. The van der Waals surface area contributed by atoms with Crippen LogP contribution in [0, 0.1) is 11.8 Å². The number of nitrogens with zero attached hydrogens (tertiary/aromatic N) is 1. The van der Waals surface area contributed by atoms with Crippen LogP contribution in [0.25, 0.3) is 5.76 Å². The molecule has 6 N–H and O–H groups in total. The molecule has 0 aliphatic heterocycles. The molecule has 1 aromatic rings. The first-order valence-corrected chi connectivity index (χ1v) is 12.1. The van der Waals surface area contributed by atoms with Gasteiger partial charge < -0.3 is 30.9 Å². The van der Waals surface area contributed by atoms with Crippen LogP contribution in [0.15, 0.2) is 35.1 Å². The van der Waals surface area contributed by atoms with Crippen molar-refractivity contribution in [3.63, 3.8) is 0 Å². The number of carbonyl (C=O) groups excluding carboxylic acids is 4. The molecule has 0 bridgehead atoms. The number of esters is 1. The quantitative estimate of drug-likeness (QED) is 0.195. The summed E-state index contributed by atoms with van der Waals surface area (Å²) in [6.45, 7) is 1.68. The molecular formula is C24H25BrN2O9. The molecule has 0 aromatic heterocycles. The number of hydrogen-bond donors (Lipinski definition) is 5. The van der Waals surface area contributed by atoms with Crippen molar-refractivity contribution in [3.8, 4) is 5.75 Å². The van der Waals surface area contributed by atoms with Gasteiger partial charge in [0.25, 0.3) is 5.91 Å². The molecule has 12 heteroatoms. The van der Waals surface area contributed by atoms with Gasteiger partial charge >= 0.3 is 5.97 Å². The van der Waals surface area contributed by atoms with Crippen molar-refractivity contribution in [2.75, 3.05) is 19.4 Å². The van der Waals surface area contributed by atoms with E-state index in [9.17, 15) is 39.6 Å². The van der Waals surface area contributed by atoms with Gasteiger partial charge in [-0.2, -0.15) is 0 Å². The van der Waals surface area contributed by atoms with E-state index < -0.39 is 81.6 Å². The number of Topliss-reactive ketones (excluding diaryl/α,β-unsaturated/α-hetero) is 2. The first-order chi connectivity index (χ1) is 16.8. The molecule has 4 rings (SSSR count). The molecule has 3 aliphatic rings. The van der Waals surface area contributed by atoms with E-state index in [1.165, 1.54) is 25.1 Å². The van der Waals surface area contributed by atoms with Crippen molar-refractivity contribution < 1.29 is 44.3 Å². The van der Waals surface area contributed by atoms with Crippen molar-refractivity contribution in [2.24, 2.45) is 17.6 Å². The number of aliphatic hydroxyl groups is 3. The van der Waals surface area contributed by atoms with E-state index in [4.69, 9.17) is 10.5 Å². The van der Waals surface area contributed by atoms with Crippen LogP contribution in [0.1, 0.15) is 24.0 Å². The van der Waals surface area contributed by atoms with Gasteiger partial charge in [-0.05, 0) is 31.6 Å². The number of benzene rings is 1. The number of phenols is 1. The average molecular weight is 565 g/mol. The number of alkyl halides is 1. The van der Waals surface area contributed by atoms with Gasteiger partial charge in [0.05, 0.1) is 17.5 Å². The van der Waals surface area contributed by atoms with Crippen LogP contribution in [0.5, 0.6) is 5.75 Å². The van der Waals surface area contributed by atoms with Gasteiger partial charge in [-0.3, -0.25) is 24.1 Å². The van der Waals surface area contributed by atoms with Crippen LogP contribution in [-0.4, -0.2) is 85.9 Å². The molecule has 192 valence electrons. The van der Waals surface area contributed by atoms with Crippen LogP contribution < -0.4 is 5.73 Å². The Morgan fingerprint density at radius 2 is 1.83 bits per heavy atom. The lowest BCUT2D eigenvalue weighted by atomic mass is 9.54. The largest absolute Gasteiger partial charge is 0.508 e. The van der Waals surface area contributed by atoms with Crippen molar-refractivity contribution >= 4 is 45.1 Å². The monoisotopic (exact) mass is 564 g/mol. The number of aromatic hydroxyl groups is 1. The van der Waals surface area contributed by atoms with Crippen molar-refractivity contribution in [2.45, 2.75) is 30.6 Å². The molecule has 36 heavy (non-hydrogen) atoms. The molecule has 0 spiro atoms. The molecule has 1 fully saturated rings. The summed E-state index contributed by atoms with van der Waals surface area (Å²) in [6.07, 6.45) is -1.42. The molecule has 1 amide bonds. The zero-order chi connectivity index (χ0) is 26.9. The van der Waals surface area contributed by atoms with Crippen LogP contribution in [0.4, 0.5) is 0 Å². The smallest absolute Gasteiger partial charge is 0.316 e. The lowest BCUT2D eigenvalue weighted by Crippen LogP contribution is -2.71. The molecule has 11 nitrogen and oxygen atoms in total. The predicted molar refractivity (Wildman–Crippen MR) is 128 cm³/mol. The van der Waals surface area contributed by atoms with Crippen LogP contribution in [0.2, 0.25) is 0 Å². The topological polar surface area (TPSA) is 188 Å². The fourth-order valence-corrected chi connectivity index (χ4v) is 6.00. The SMILES string of the molecule is C[C@@H]1c2cccc(O)c2C(O)=C2C(=O)[C@@]3(O)C(O)=C(C(N)=O)C(=O)[C@H](N(C)C)[C@H]3[C@H](OC(=O)CBr)[C@H]21. The third-order valence-corrected chi connectivity index (χ3v) is 7.80. The van der Waals surface area contributed by atoms with Gasteiger partial charge in [0.15, 0.2) is 11.4 Å². The zero-order valence-electron chi connectivity index (χ0n) is 19.6. The standard InChI is InChI=1S/C24H25BrN2O9/c1-8-9-5-4-6-10(28)13(9)18(30)14-12(8)20(36-11(29)7-25)16-17(27(2)3)19(31)15(23(26)34)22(33)24(16,35)21(14)32/h4-6,8,12,16-17,20,28,30,33,35H,7H2,1-3H3,(H2,26,34)/t8-,12+,16+,17-,20-,24-/m1/s1. The van der Waals surface area contributed by atoms with Crippen LogP contribution in [0.3, 0.4) is 0 Å². The van der Waals surface area contributed by atoms with Crippen LogP contribution in [-0.2, 0) is 23.9 Å².